The molecule has 138 valence electrons. The Bertz CT molecular complexity index is 944. The van der Waals surface area contributed by atoms with E-state index in [-0.39, 0.29) is 45.5 Å². The van der Waals surface area contributed by atoms with Crippen LogP contribution in [-0.2, 0) is 14.8 Å². The van der Waals surface area contributed by atoms with Gasteiger partial charge in [-0.15, -0.1) is 0 Å². The van der Waals surface area contributed by atoms with Gasteiger partial charge in [-0.3, -0.25) is 9.59 Å². The molecule has 0 atom stereocenters. The second-order valence-corrected chi connectivity index (χ2v) is 7.92. The smallest absolute Gasteiger partial charge is 0.303 e. The van der Waals surface area contributed by atoms with Crippen molar-refractivity contribution in [3.63, 3.8) is 0 Å². The van der Waals surface area contributed by atoms with Gasteiger partial charge in [0.05, 0.1) is 9.92 Å². The summed E-state index contributed by atoms with van der Waals surface area (Å²) in [5, 5.41) is 9.00. The fourth-order valence-corrected chi connectivity index (χ4v) is 3.88. The zero-order chi connectivity index (χ0) is 19.3. The molecule has 26 heavy (non-hydrogen) atoms. The number of sulfonamides is 1. The van der Waals surface area contributed by atoms with Gasteiger partial charge in [0.1, 0.15) is 0 Å². The summed E-state index contributed by atoms with van der Waals surface area (Å²) in [6.07, 6.45) is -0.0511. The van der Waals surface area contributed by atoms with Crippen molar-refractivity contribution < 1.29 is 23.1 Å². The van der Waals surface area contributed by atoms with Crippen molar-refractivity contribution in [1.82, 2.24) is 4.72 Å². The number of rotatable bonds is 8. The van der Waals surface area contributed by atoms with Gasteiger partial charge in [0.2, 0.25) is 10.0 Å². The number of halogens is 2. The van der Waals surface area contributed by atoms with E-state index in [0.29, 0.717) is 0 Å². The molecular weight excluding hydrogens is 401 g/mol. The molecule has 0 aliphatic heterocycles. The molecule has 2 N–H and O–H groups in total. The molecule has 0 radical (unpaired) electrons. The quantitative estimate of drug-likeness (QED) is 0.508. The van der Waals surface area contributed by atoms with Gasteiger partial charge < -0.3 is 5.11 Å². The van der Waals surface area contributed by atoms with E-state index in [2.05, 4.69) is 4.72 Å². The van der Waals surface area contributed by atoms with Crippen molar-refractivity contribution in [1.29, 1.82) is 0 Å². The van der Waals surface area contributed by atoms with Crippen LogP contribution in [0, 0.1) is 0 Å². The van der Waals surface area contributed by atoms with Crippen molar-refractivity contribution >= 4 is 45.0 Å². The Morgan fingerprint density at radius 1 is 1.04 bits per heavy atom. The predicted molar refractivity (Wildman–Crippen MR) is 98.4 cm³/mol. The maximum atomic E-state index is 12.8. The van der Waals surface area contributed by atoms with Crippen LogP contribution in [-0.4, -0.2) is 31.8 Å². The number of hydrogen-bond acceptors (Lipinski definition) is 4. The van der Waals surface area contributed by atoms with E-state index < -0.39 is 21.8 Å². The molecule has 0 aromatic heterocycles. The summed E-state index contributed by atoms with van der Waals surface area (Å²) < 4.78 is 27.4. The van der Waals surface area contributed by atoms with Crippen LogP contribution in [0.25, 0.3) is 0 Å². The van der Waals surface area contributed by atoms with Crippen molar-refractivity contribution in [3.8, 4) is 0 Å². The number of carboxylic acids is 1. The Labute approximate surface area is 160 Å². The first kappa shape index (κ1) is 20.4. The molecule has 2 aromatic rings. The lowest BCUT2D eigenvalue weighted by atomic mass is 10.0. The van der Waals surface area contributed by atoms with Crippen molar-refractivity contribution in [2.75, 3.05) is 6.54 Å². The normalized spacial score (nSPS) is 11.3. The largest absolute Gasteiger partial charge is 0.481 e. The molecule has 0 fully saturated rings. The minimum Gasteiger partial charge on any atom is -0.481 e. The molecule has 6 nitrogen and oxygen atoms in total. The van der Waals surface area contributed by atoms with Crippen molar-refractivity contribution in [2.24, 2.45) is 0 Å². The first-order valence-corrected chi connectivity index (χ1v) is 9.76. The van der Waals surface area contributed by atoms with Crippen LogP contribution in [0.2, 0.25) is 10.0 Å². The molecule has 9 heteroatoms. The van der Waals surface area contributed by atoms with Gasteiger partial charge in [-0.25, -0.2) is 13.1 Å². The van der Waals surface area contributed by atoms with E-state index in [4.69, 9.17) is 28.3 Å². The van der Waals surface area contributed by atoms with Gasteiger partial charge in [-0.05, 0) is 36.8 Å². The zero-order valence-corrected chi connectivity index (χ0v) is 15.7. The highest BCUT2D eigenvalue weighted by atomic mass is 35.5. The third kappa shape index (κ3) is 5.04. The number of nitrogens with one attached hydrogen (secondary N) is 1. The molecule has 0 saturated carbocycles. The standard InChI is InChI=1S/C17H15Cl2NO5S/c18-11-7-8-15(26(24,25)20-9-3-6-16(21)22)13(10-11)17(23)12-4-1-2-5-14(12)19/h1-2,4-5,7-8,10,20H,3,6,9H2,(H,21,22). The van der Waals surface area contributed by atoms with Gasteiger partial charge in [-0.1, -0.05) is 35.3 Å². The summed E-state index contributed by atoms with van der Waals surface area (Å²) in [4.78, 5) is 23.1. The minimum atomic E-state index is -4.04. The van der Waals surface area contributed by atoms with Crippen molar-refractivity contribution in [3.05, 3.63) is 63.6 Å². The summed E-state index contributed by atoms with van der Waals surface area (Å²) in [5.41, 5.74) is 0.0371. The number of ketones is 1. The zero-order valence-electron chi connectivity index (χ0n) is 13.4. The van der Waals surface area contributed by atoms with Crippen LogP contribution in [0.3, 0.4) is 0 Å². The molecule has 0 bridgehead atoms. The molecule has 0 amide bonds. The van der Waals surface area contributed by atoms with Crippen molar-refractivity contribution in [2.45, 2.75) is 17.7 Å². The molecule has 2 aromatic carbocycles. The third-order valence-electron chi connectivity index (χ3n) is 3.45. The molecular formula is C17H15Cl2NO5S. The molecule has 0 saturated heterocycles. The van der Waals surface area contributed by atoms with Gasteiger partial charge in [-0.2, -0.15) is 0 Å². The maximum Gasteiger partial charge on any atom is 0.303 e. The lowest BCUT2D eigenvalue weighted by Gasteiger charge is -2.12. The second kappa shape index (κ2) is 8.64. The molecule has 0 aliphatic carbocycles. The monoisotopic (exact) mass is 415 g/mol. The molecule has 0 unspecified atom stereocenters. The van der Waals surface area contributed by atoms with Gasteiger partial charge in [0, 0.05) is 29.1 Å². The van der Waals surface area contributed by atoms with Crippen LogP contribution >= 0.6 is 23.2 Å². The number of hydrogen-bond donors (Lipinski definition) is 2. The summed E-state index contributed by atoms with van der Waals surface area (Å²) in [6, 6.07) is 10.1. The lowest BCUT2D eigenvalue weighted by Crippen LogP contribution is -2.27. The Balaban J connectivity index is 2.37. The number of carbonyl (C=O) groups is 2. The Morgan fingerprint density at radius 2 is 1.73 bits per heavy atom. The summed E-state index contributed by atoms with van der Waals surface area (Å²) in [7, 11) is -4.04. The van der Waals surface area contributed by atoms with Crippen LogP contribution < -0.4 is 4.72 Å². The third-order valence-corrected chi connectivity index (χ3v) is 5.54. The summed E-state index contributed by atoms with van der Waals surface area (Å²) >= 11 is 12.0. The number of benzene rings is 2. The highest BCUT2D eigenvalue weighted by Crippen LogP contribution is 2.26. The number of carbonyl (C=O) groups excluding carboxylic acids is 1. The highest BCUT2D eigenvalue weighted by Gasteiger charge is 2.24. The van der Waals surface area contributed by atoms with Gasteiger partial charge in [0.25, 0.3) is 0 Å². The molecule has 0 aliphatic rings. The molecule has 0 spiro atoms. The maximum absolute atomic E-state index is 12.8. The Morgan fingerprint density at radius 3 is 2.38 bits per heavy atom. The summed E-state index contributed by atoms with van der Waals surface area (Å²) in [6.45, 7) is -0.0724. The van der Waals surface area contributed by atoms with Gasteiger partial charge >= 0.3 is 5.97 Å². The van der Waals surface area contributed by atoms with E-state index in [1.54, 1.807) is 12.1 Å². The van der Waals surface area contributed by atoms with E-state index in [1.807, 2.05) is 0 Å². The van der Waals surface area contributed by atoms with Crippen LogP contribution in [0.1, 0.15) is 28.8 Å². The Kier molecular flexibility index (Phi) is 6.77. The fourth-order valence-electron chi connectivity index (χ4n) is 2.23. The predicted octanol–water partition coefficient (Wildman–Crippen LogP) is 3.37. The Hall–Kier alpha value is -1.93. The van der Waals surface area contributed by atoms with Crippen LogP contribution in [0.4, 0.5) is 0 Å². The van der Waals surface area contributed by atoms with E-state index in [0.717, 1.165) is 0 Å². The van der Waals surface area contributed by atoms with E-state index in [1.165, 1.54) is 30.3 Å². The van der Waals surface area contributed by atoms with Crippen LogP contribution in [0.5, 0.6) is 0 Å². The highest BCUT2D eigenvalue weighted by molar-refractivity contribution is 7.89. The summed E-state index contributed by atoms with van der Waals surface area (Å²) in [5.74, 6) is -1.60. The average Bonchev–Trinajstić information content (AvgIpc) is 2.58. The number of aliphatic carboxylic acids is 1. The molecule has 0 heterocycles. The fraction of sp³-hybridized carbons (Fsp3) is 0.176. The lowest BCUT2D eigenvalue weighted by molar-refractivity contribution is -0.137. The minimum absolute atomic E-state index is 0.0724. The SMILES string of the molecule is O=C(O)CCCNS(=O)(=O)c1ccc(Cl)cc1C(=O)c1ccccc1Cl. The van der Waals surface area contributed by atoms with Crippen LogP contribution in [0.15, 0.2) is 47.4 Å². The second-order valence-electron chi connectivity index (χ2n) is 5.34. The first-order valence-electron chi connectivity index (χ1n) is 7.52. The first-order chi connectivity index (χ1) is 12.2. The van der Waals surface area contributed by atoms with E-state index in [9.17, 15) is 18.0 Å². The average molecular weight is 416 g/mol. The number of carboxylic acid groups (broad SMARTS) is 1. The topological polar surface area (TPSA) is 101 Å². The molecule has 2 rings (SSSR count). The van der Waals surface area contributed by atoms with Gasteiger partial charge in [0.15, 0.2) is 5.78 Å². The van der Waals surface area contributed by atoms with E-state index >= 15 is 0 Å².